The molecule has 0 spiro atoms. The SMILES string of the molecule is CCCNCC1CCN(C)C1c1cncn1C1CC1. The lowest BCUT2D eigenvalue weighted by Gasteiger charge is -2.26. The molecule has 0 amide bonds. The Morgan fingerprint density at radius 2 is 2.21 bits per heavy atom. The largest absolute Gasteiger partial charge is 0.330 e. The molecule has 3 rings (SSSR count). The molecule has 0 radical (unpaired) electrons. The molecule has 2 atom stereocenters. The summed E-state index contributed by atoms with van der Waals surface area (Å²) < 4.78 is 2.43. The van der Waals surface area contributed by atoms with Gasteiger partial charge in [-0.3, -0.25) is 4.90 Å². The van der Waals surface area contributed by atoms with Crippen molar-refractivity contribution < 1.29 is 0 Å². The molecule has 2 aliphatic rings. The van der Waals surface area contributed by atoms with Gasteiger partial charge in [-0.15, -0.1) is 0 Å². The fourth-order valence-corrected chi connectivity index (χ4v) is 3.37. The minimum absolute atomic E-state index is 0.549. The van der Waals surface area contributed by atoms with E-state index in [4.69, 9.17) is 0 Å². The van der Waals surface area contributed by atoms with E-state index in [0.717, 1.165) is 25.0 Å². The zero-order valence-corrected chi connectivity index (χ0v) is 12.2. The van der Waals surface area contributed by atoms with Crippen LogP contribution in [0.15, 0.2) is 12.5 Å². The quantitative estimate of drug-likeness (QED) is 0.798. The van der Waals surface area contributed by atoms with Gasteiger partial charge < -0.3 is 9.88 Å². The van der Waals surface area contributed by atoms with E-state index in [9.17, 15) is 0 Å². The van der Waals surface area contributed by atoms with Crippen LogP contribution in [0, 0.1) is 5.92 Å². The Labute approximate surface area is 116 Å². The summed E-state index contributed by atoms with van der Waals surface area (Å²) in [5, 5.41) is 3.60. The Morgan fingerprint density at radius 3 is 2.95 bits per heavy atom. The van der Waals surface area contributed by atoms with Gasteiger partial charge in [0, 0.05) is 12.2 Å². The smallest absolute Gasteiger partial charge is 0.0951 e. The van der Waals surface area contributed by atoms with Crippen molar-refractivity contribution in [1.29, 1.82) is 0 Å². The van der Waals surface area contributed by atoms with Crippen LogP contribution in [-0.4, -0.2) is 41.1 Å². The van der Waals surface area contributed by atoms with Crippen LogP contribution in [0.1, 0.15) is 50.4 Å². The number of hydrogen-bond donors (Lipinski definition) is 1. The van der Waals surface area contributed by atoms with E-state index in [1.54, 1.807) is 0 Å². The van der Waals surface area contributed by atoms with E-state index < -0.39 is 0 Å². The number of imidazole rings is 1. The Kier molecular flexibility index (Phi) is 3.89. The normalized spacial score (nSPS) is 28.1. The van der Waals surface area contributed by atoms with E-state index in [2.05, 4.69) is 39.9 Å². The number of nitrogens with one attached hydrogen (secondary N) is 1. The lowest BCUT2D eigenvalue weighted by Crippen LogP contribution is -2.30. The van der Waals surface area contributed by atoms with Crippen molar-refractivity contribution in [2.24, 2.45) is 5.92 Å². The number of likely N-dealkylation sites (tertiary alicyclic amines) is 1. The first-order valence-electron chi connectivity index (χ1n) is 7.74. The summed E-state index contributed by atoms with van der Waals surface area (Å²) in [6.45, 7) is 5.71. The molecule has 2 fully saturated rings. The van der Waals surface area contributed by atoms with Gasteiger partial charge in [0.1, 0.15) is 0 Å². The van der Waals surface area contributed by atoms with Crippen LogP contribution in [0.3, 0.4) is 0 Å². The van der Waals surface area contributed by atoms with Crippen molar-refractivity contribution in [2.45, 2.75) is 44.7 Å². The molecule has 1 aliphatic carbocycles. The molecule has 1 aromatic rings. The summed E-state index contributed by atoms with van der Waals surface area (Å²) in [5.41, 5.74) is 1.44. The zero-order chi connectivity index (χ0) is 13.2. The van der Waals surface area contributed by atoms with Crippen LogP contribution >= 0.6 is 0 Å². The van der Waals surface area contributed by atoms with Gasteiger partial charge in [0.2, 0.25) is 0 Å². The van der Waals surface area contributed by atoms with Crippen LogP contribution in [0.5, 0.6) is 0 Å². The van der Waals surface area contributed by atoms with Crippen LogP contribution in [-0.2, 0) is 0 Å². The van der Waals surface area contributed by atoms with Crippen LogP contribution in [0.2, 0.25) is 0 Å². The van der Waals surface area contributed by atoms with Gasteiger partial charge in [-0.25, -0.2) is 4.98 Å². The van der Waals surface area contributed by atoms with Crippen molar-refractivity contribution >= 4 is 0 Å². The van der Waals surface area contributed by atoms with E-state index >= 15 is 0 Å². The highest BCUT2D eigenvalue weighted by Gasteiger charge is 2.37. The van der Waals surface area contributed by atoms with Crippen molar-refractivity contribution in [3.8, 4) is 0 Å². The number of aromatic nitrogens is 2. The molecule has 4 nitrogen and oxygen atoms in total. The van der Waals surface area contributed by atoms with Gasteiger partial charge in [0.05, 0.1) is 18.1 Å². The maximum Gasteiger partial charge on any atom is 0.0951 e. The molecule has 2 unspecified atom stereocenters. The monoisotopic (exact) mass is 262 g/mol. The van der Waals surface area contributed by atoms with E-state index in [0.29, 0.717) is 6.04 Å². The molecule has 0 aromatic carbocycles. The van der Waals surface area contributed by atoms with Crippen molar-refractivity contribution in [2.75, 3.05) is 26.7 Å². The second-order valence-electron chi connectivity index (χ2n) is 6.14. The Hall–Kier alpha value is -0.870. The fourth-order valence-electron chi connectivity index (χ4n) is 3.37. The third kappa shape index (κ3) is 2.70. The Bertz CT molecular complexity index is 410. The van der Waals surface area contributed by atoms with Gasteiger partial charge in [-0.05, 0) is 58.3 Å². The zero-order valence-electron chi connectivity index (χ0n) is 12.2. The lowest BCUT2D eigenvalue weighted by atomic mass is 9.97. The summed E-state index contributed by atoms with van der Waals surface area (Å²) in [6.07, 6.45) is 9.31. The molecule has 1 N–H and O–H groups in total. The average Bonchev–Trinajstić information content (AvgIpc) is 3.03. The summed E-state index contributed by atoms with van der Waals surface area (Å²) in [4.78, 5) is 6.92. The standard InChI is InChI=1S/C15H26N4/c1-3-7-16-9-12-6-8-18(2)15(12)14-10-17-11-19(14)13-4-5-13/h10-13,15-16H,3-9H2,1-2H3. The predicted octanol–water partition coefficient (Wildman–Crippen LogP) is 2.21. The topological polar surface area (TPSA) is 33.1 Å². The maximum absolute atomic E-state index is 4.41. The third-order valence-electron chi connectivity index (χ3n) is 4.55. The lowest BCUT2D eigenvalue weighted by molar-refractivity contribution is 0.260. The number of nitrogens with zero attached hydrogens (tertiary/aromatic N) is 3. The van der Waals surface area contributed by atoms with E-state index in [1.807, 2.05) is 6.33 Å². The molecular formula is C15H26N4. The first-order valence-corrected chi connectivity index (χ1v) is 7.74. The van der Waals surface area contributed by atoms with Crippen molar-refractivity contribution in [1.82, 2.24) is 19.8 Å². The van der Waals surface area contributed by atoms with Gasteiger partial charge in [-0.2, -0.15) is 0 Å². The molecule has 2 heterocycles. The summed E-state index contributed by atoms with van der Waals surface area (Å²) >= 11 is 0. The first kappa shape index (κ1) is 13.1. The van der Waals surface area contributed by atoms with E-state index in [-0.39, 0.29) is 0 Å². The molecule has 1 aromatic heterocycles. The van der Waals surface area contributed by atoms with Gasteiger partial charge in [-0.1, -0.05) is 6.92 Å². The second-order valence-corrected chi connectivity index (χ2v) is 6.14. The number of hydrogen-bond acceptors (Lipinski definition) is 3. The highest BCUT2D eigenvalue weighted by molar-refractivity contribution is 5.13. The third-order valence-corrected chi connectivity index (χ3v) is 4.55. The molecule has 1 saturated carbocycles. The molecule has 1 saturated heterocycles. The van der Waals surface area contributed by atoms with Crippen LogP contribution < -0.4 is 5.32 Å². The summed E-state index contributed by atoms with van der Waals surface area (Å²) in [7, 11) is 2.26. The molecular weight excluding hydrogens is 236 g/mol. The van der Waals surface area contributed by atoms with Crippen LogP contribution in [0.25, 0.3) is 0 Å². The molecule has 19 heavy (non-hydrogen) atoms. The minimum atomic E-state index is 0.549. The van der Waals surface area contributed by atoms with Gasteiger partial charge in [0.25, 0.3) is 0 Å². The number of rotatable bonds is 6. The van der Waals surface area contributed by atoms with Crippen LogP contribution in [0.4, 0.5) is 0 Å². The van der Waals surface area contributed by atoms with Crippen molar-refractivity contribution in [3.05, 3.63) is 18.2 Å². The highest BCUT2D eigenvalue weighted by atomic mass is 15.2. The summed E-state index contributed by atoms with van der Waals surface area (Å²) in [5.74, 6) is 0.728. The van der Waals surface area contributed by atoms with E-state index in [1.165, 1.54) is 37.9 Å². The Balaban J connectivity index is 1.73. The Morgan fingerprint density at radius 1 is 1.37 bits per heavy atom. The minimum Gasteiger partial charge on any atom is -0.330 e. The molecule has 4 heteroatoms. The average molecular weight is 262 g/mol. The van der Waals surface area contributed by atoms with Gasteiger partial charge in [0.15, 0.2) is 0 Å². The highest BCUT2D eigenvalue weighted by Crippen LogP contribution is 2.41. The fraction of sp³-hybridized carbons (Fsp3) is 0.800. The van der Waals surface area contributed by atoms with Crippen molar-refractivity contribution in [3.63, 3.8) is 0 Å². The predicted molar refractivity (Wildman–Crippen MR) is 77.1 cm³/mol. The molecule has 106 valence electrons. The second kappa shape index (κ2) is 5.63. The van der Waals surface area contributed by atoms with Gasteiger partial charge >= 0.3 is 0 Å². The first-order chi connectivity index (χ1) is 9.31. The summed E-state index contributed by atoms with van der Waals surface area (Å²) in [6, 6.07) is 1.28. The maximum atomic E-state index is 4.41. The molecule has 0 bridgehead atoms. The molecule has 1 aliphatic heterocycles.